The lowest BCUT2D eigenvalue weighted by molar-refractivity contribution is 0.383. The van der Waals surface area contributed by atoms with Gasteiger partial charge in [0.15, 0.2) is 0 Å². The van der Waals surface area contributed by atoms with E-state index in [1.54, 1.807) is 6.07 Å². The predicted octanol–water partition coefficient (Wildman–Crippen LogP) is 3.63. The Morgan fingerprint density at radius 2 is 1.74 bits per heavy atom. The molecule has 0 N–H and O–H groups in total. The number of hydrogen-bond acceptors (Lipinski definition) is 2. The number of hydrogen-bond donors (Lipinski definition) is 0. The fourth-order valence-electron chi connectivity index (χ4n) is 2.89. The van der Waals surface area contributed by atoms with Crippen molar-refractivity contribution in [1.29, 1.82) is 0 Å². The van der Waals surface area contributed by atoms with Crippen LogP contribution in [0.1, 0.15) is 24.4 Å². The van der Waals surface area contributed by atoms with Crippen LogP contribution in [0.3, 0.4) is 0 Å². The zero-order chi connectivity index (χ0) is 16.6. The SMILES string of the molecule is O=S(=O)(c1cc(F)ccc1F)N1CCC[C@H]1c1ccccc1F. The molecule has 3 rings (SSSR count). The summed E-state index contributed by atoms with van der Waals surface area (Å²) >= 11 is 0. The first-order chi connectivity index (χ1) is 10.9. The molecule has 1 saturated heterocycles. The predicted molar refractivity (Wildman–Crippen MR) is 78.6 cm³/mol. The van der Waals surface area contributed by atoms with Gasteiger partial charge in [-0.3, -0.25) is 0 Å². The minimum atomic E-state index is -4.25. The Hall–Kier alpha value is -1.86. The number of sulfonamides is 1. The number of nitrogens with zero attached hydrogens (tertiary/aromatic N) is 1. The van der Waals surface area contributed by atoms with Crippen LogP contribution < -0.4 is 0 Å². The maximum absolute atomic E-state index is 14.0. The highest BCUT2D eigenvalue weighted by atomic mass is 32.2. The first-order valence-electron chi connectivity index (χ1n) is 7.12. The maximum atomic E-state index is 14.0. The van der Waals surface area contributed by atoms with Gasteiger partial charge in [-0.05, 0) is 37.1 Å². The second-order valence-electron chi connectivity index (χ2n) is 5.37. The third-order valence-corrected chi connectivity index (χ3v) is 5.87. The molecule has 7 heteroatoms. The van der Waals surface area contributed by atoms with Crippen LogP contribution in [0.2, 0.25) is 0 Å². The first kappa shape index (κ1) is 16.0. The highest BCUT2D eigenvalue weighted by molar-refractivity contribution is 7.89. The van der Waals surface area contributed by atoms with E-state index < -0.39 is 38.4 Å². The maximum Gasteiger partial charge on any atom is 0.246 e. The van der Waals surface area contributed by atoms with Gasteiger partial charge in [-0.25, -0.2) is 21.6 Å². The molecule has 23 heavy (non-hydrogen) atoms. The van der Waals surface area contributed by atoms with Crippen LogP contribution in [0, 0.1) is 17.5 Å². The van der Waals surface area contributed by atoms with Gasteiger partial charge in [0.05, 0.1) is 6.04 Å². The molecule has 2 aromatic rings. The van der Waals surface area contributed by atoms with E-state index in [1.165, 1.54) is 18.2 Å². The third-order valence-electron chi connectivity index (χ3n) is 3.95. The summed E-state index contributed by atoms with van der Waals surface area (Å²) in [4.78, 5) is -0.722. The zero-order valence-electron chi connectivity index (χ0n) is 12.0. The lowest BCUT2D eigenvalue weighted by atomic mass is 10.1. The largest absolute Gasteiger partial charge is 0.246 e. The van der Waals surface area contributed by atoms with Crippen molar-refractivity contribution in [3.63, 3.8) is 0 Å². The van der Waals surface area contributed by atoms with Crippen LogP contribution in [-0.4, -0.2) is 19.3 Å². The van der Waals surface area contributed by atoms with Gasteiger partial charge in [0.2, 0.25) is 10.0 Å². The van der Waals surface area contributed by atoms with Crippen molar-refractivity contribution in [1.82, 2.24) is 4.31 Å². The molecule has 122 valence electrons. The van der Waals surface area contributed by atoms with E-state index in [0.717, 1.165) is 16.4 Å². The van der Waals surface area contributed by atoms with E-state index in [1.807, 2.05) is 0 Å². The zero-order valence-corrected chi connectivity index (χ0v) is 12.9. The van der Waals surface area contributed by atoms with Gasteiger partial charge in [0, 0.05) is 12.1 Å². The molecule has 1 aliphatic heterocycles. The third kappa shape index (κ3) is 2.86. The standard InChI is InChI=1S/C16H14F3NO2S/c17-11-7-8-14(19)16(10-11)23(21,22)20-9-3-6-15(20)12-4-1-2-5-13(12)18/h1-2,4-5,7-8,10,15H,3,6,9H2/t15-/m0/s1. The Morgan fingerprint density at radius 1 is 1.00 bits per heavy atom. The molecular formula is C16H14F3NO2S. The molecule has 1 fully saturated rings. The minimum Gasteiger partial charge on any atom is -0.207 e. The van der Waals surface area contributed by atoms with Crippen molar-refractivity contribution in [2.24, 2.45) is 0 Å². The summed E-state index contributed by atoms with van der Waals surface area (Å²) in [5, 5.41) is 0. The molecule has 1 atom stereocenters. The summed E-state index contributed by atoms with van der Waals surface area (Å²) < 4.78 is 67.7. The average molecular weight is 341 g/mol. The molecule has 0 unspecified atom stereocenters. The summed E-state index contributed by atoms with van der Waals surface area (Å²) in [6.07, 6.45) is 0.951. The van der Waals surface area contributed by atoms with E-state index in [-0.39, 0.29) is 12.1 Å². The lowest BCUT2D eigenvalue weighted by Crippen LogP contribution is -2.31. The minimum absolute atomic E-state index is 0.136. The molecule has 0 amide bonds. The molecule has 1 heterocycles. The van der Waals surface area contributed by atoms with Crippen LogP contribution in [0.15, 0.2) is 47.4 Å². The molecule has 3 nitrogen and oxygen atoms in total. The van der Waals surface area contributed by atoms with Gasteiger partial charge in [-0.2, -0.15) is 4.31 Å². The first-order valence-corrected chi connectivity index (χ1v) is 8.56. The van der Waals surface area contributed by atoms with Crippen LogP contribution >= 0.6 is 0 Å². The highest BCUT2D eigenvalue weighted by Gasteiger charge is 2.38. The van der Waals surface area contributed by atoms with E-state index in [9.17, 15) is 21.6 Å². The van der Waals surface area contributed by atoms with Gasteiger partial charge >= 0.3 is 0 Å². The Labute approximate surface area is 132 Å². The molecule has 0 saturated carbocycles. The lowest BCUT2D eigenvalue weighted by Gasteiger charge is -2.25. The quantitative estimate of drug-likeness (QED) is 0.855. The summed E-state index contributed by atoms with van der Waals surface area (Å²) in [7, 11) is -4.25. The van der Waals surface area contributed by atoms with Crippen LogP contribution in [-0.2, 0) is 10.0 Å². The van der Waals surface area contributed by atoms with Crippen LogP contribution in [0.4, 0.5) is 13.2 Å². The average Bonchev–Trinajstić information content (AvgIpc) is 3.00. The molecule has 1 aliphatic rings. The Morgan fingerprint density at radius 3 is 2.48 bits per heavy atom. The van der Waals surface area contributed by atoms with E-state index in [0.29, 0.717) is 18.9 Å². The Bertz CT molecular complexity index is 839. The van der Waals surface area contributed by atoms with Gasteiger partial charge in [0.1, 0.15) is 22.3 Å². The van der Waals surface area contributed by atoms with Crippen molar-refractivity contribution in [2.45, 2.75) is 23.8 Å². The molecular weight excluding hydrogens is 327 g/mol. The van der Waals surface area contributed by atoms with Gasteiger partial charge < -0.3 is 0 Å². The van der Waals surface area contributed by atoms with Crippen molar-refractivity contribution in [3.8, 4) is 0 Å². The fourth-order valence-corrected chi connectivity index (χ4v) is 4.64. The number of halogens is 3. The van der Waals surface area contributed by atoms with Crippen molar-refractivity contribution >= 4 is 10.0 Å². The van der Waals surface area contributed by atoms with Gasteiger partial charge in [0.25, 0.3) is 0 Å². The normalized spacial score (nSPS) is 19.2. The van der Waals surface area contributed by atoms with Crippen LogP contribution in [0.25, 0.3) is 0 Å². The second kappa shape index (κ2) is 5.98. The monoisotopic (exact) mass is 341 g/mol. The van der Waals surface area contributed by atoms with E-state index >= 15 is 0 Å². The Kier molecular flexibility index (Phi) is 4.16. The summed E-state index contributed by atoms with van der Waals surface area (Å²) in [5.74, 6) is -2.38. The molecule has 0 spiro atoms. The number of rotatable bonds is 3. The number of benzene rings is 2. The van der Waals surface area contributed by atoms with E-state index in [2.05, 4.69) is 0 Å². The molecule has 0 radical (unpaired) electrons. The van der Waals surface area contributed by atoms with Crippen molar-refractivity contribution < 1.29 is 21.6 Å². The van der Waals surface area contributed by atoms with E-state index in [4.69, 9.17) is 0 Å². The second-order valence-corrected chi connectivity index (χ2v) is 7.23. The molecule has 0 aliphatic carbocycles. The molecule has 0 aromatic heterocycles. The topological polar surface area (TPSA) is 37.4 Å². The van der Waals surface area contributed by atoms with Gasteiger partial charge in [-0.1, -0.05) is 18.2 Å². The smallest absolute Gasteiger partial charge is 0.207 e. The summed E-state index contributed by atoms with van der Waals surface area (Å²) in [6.45, 7) is 0.136. The summed E-state index contributed by atoms with van der Waals surface area (Å²) in [5.41, 5.74) is 0.241. The fraction of sp³-hybridized carbons (Fsp3) is 0.250. The molecule has 2 aromatic carbocycles. The van der Waals surface area contributed by atoms with Crippen LogP contribution in [0.5, 0.6) is 0 Å². The summed E-state index contributed by atoms with van der Waals surface area (Å²) in [6, 6.07) is 7.45. The van der Waals surface area contributed by atoms with Crippen molar-refractivity contribution in [3.05, 3.63) is 65.5 Å². The highest BCUT2D eigenvalue weighted by Crippen LogP contribution is 2.38. The van der Waals surface area contributed by atoms with Gasteiger partial charge in [-0.15, -0.1) is 0 Å². The van der Waals surface area contributed by atoms with Crippen molar-refractivity contribution in [2.75, 3.05) is 6.54 Å². The molecule has 0 bridgehead atoms. The Balaban J connectivity index is 2.05.